The summed E-state index contributed by atoms with van der Waals surface area (Å²) in [4.78, 5) is 24.4. The molecule has 5 nitrogen and oxygen atoms in total. The van der Waals surface area contributed by atoms with Gasteiger partial charge in [0.1, 0.15) is 6.61 Å². The van der Waals surface area contributed by atoms with Gasteiger partial charge in [0.15, 0.2) is 6.10 Å². The molecule has 0 fully saturated rings. The van der Waals surface area contributed by atoms with Crippen LogP contribution in [0.15, 0.2) is 24.3 Å². The Balaban J connectivity index is 3.46. The van der Waals surface area contributed by atoms with Gasteiger partial charge >= 0.3 is 11.9 Å². The number of unbranched alkanes of at least 4 members (excludes halogenated alkanes) is 34. The minimum absolute atomic E-state index is 0.0622. The van der Waals surface area contributed by atoms with Gasteiger partial charge in [0.2, 0.25) is 0 Å². The predicted molar refractivity (Wildman–Crippen MR) is 242 cm³/mol. The van der Waals surface area contributed by atoms with Crippen molar-refractivity contribution in [2.45, 2.75) is 277 Å². The van der Waals surface area contributed by atoms with E-state index >= 15 is 0 Å². The molecule has 0 aromatic rings. The Bertz CT molecular complexity index is 851. The van der Waals surface area contributed by atoms with Crippen LogP contribution < -0.4 is 0 Å². The molecule has 0 saturated carbocycles. The molecule has 5 heteroatoms. The van der Waals surface area contributed by atoms with E-state index < -0.39 is 6.10 Å². The molecule has 1 atom stereocenters. The van der Waals surface area contributed by atoms with E-state index in [9.17, 15) is 14.7 Å². The molecule has 1 unspecified atom stereocenters. The molecular formula is C51H96O5. The van der Waals surface area contributed by atoms with E-state index in [0.717, 1.165) is 38.5 Å². The number of hydrogen-bond acceptors (Lipinski definition) is 5. The van der Waals surface area contributed by atoms with Crippen LogP contribution in [0, 0.1) is 0 Å². The molecule has 0 aromatic carbocycles. The van der Waals surface area contributed by atoms with Crippen molar-refractivity contribution in [1.29, 1.82) is 0 Å². The van der Waals surface area contributed by atoms with Crippen LogP contribution in [0.3, 0.4) is 0 Å². The minimum atomic E-state index is -0.770. The van der Waals surface area contributed by atoms with E-state index in [-0.39, 0.29) is 25.2 Å². The number of carbonyl (C=O) groups excluding carboxylic acids is 2. The monoisotopic (exact) mass is 789 g/mol. The molecule has 0 saturated heterocycles. The Morgan fingerprint density at radius 2 is 0.714 bits per heavy atom. The van der Waals surface area contributed by atoms with Crippen LogP contribution in [0.25, 0.3) is 0 Å². The third-order valence-electron chi connectivity index (χ3n) is 11.2. The van der Waals surface area contributed by atoms with Crippen molar-refractivity contribution in [2.75, 3.05) is 13.2 Å². The molecule has 0 amide bonds. The van der Waals surface area contributed by atoms with E-state index in [0.29, 0.717) is 12.8 Å². The third kappa shape index (κ3) is 45.1. The van der Waals surface area contributed by atoms with Gasteiger partial charge in [-0.1, -0.05) is 237 Å². The van der Waals surface area contributed by atoms with Crippen LogP contribution in [0.1, 0.15) is 271 Å². The number of carbonyl (C=O) groups is 2. The number of ether oxygens (including phenoxy) is 2. The first-order valence-electron chi connectivity index (χ1n) is 24.9. The highest BCUT2D eigenvalue weighted by Crippen LogP contribution is 2.17. The maximum atomic E-state index is 12.2. The number of aliphatic hydroxyl groups is 1. The Kier molecular flexibility index (Phi) is 46.4. The summed E-state index contributed by atoms with van der Waals surface area (Å²) in [5, 5.41) is 9.61. The number of hydrogen-bond donors (Lipinski definition) is 1. The van der Waals surface area contributed by atoms with Crippen LogP contribution in [0.2, 0.25) is 0 Å². The van der Waals surface area contributed by atoms with Crippen LogP contribution in [-0.2, 0) is 19.1 Å². The van der Waals surface area contributed by atoms with Gasteiger partial charge in [-0.05, 0) is 44.9 Å². The van der Waals surface area contributed by atoms with Gasteiger partial charge < -0.3 is 14.6 Å². The summed E-state index contributed by atoms with van der Waals surface area (Å²) >= 11 is 0. The van der Waals surface area contributed by atoms with E-state index in [1.165, 1.54) is 205 Å². The number of rotatable bonds is 46. The van der Waals surface area contributed by atoms with Crippen molar-refractivity contribution in [1.82, 2.24) is 0 Å². The second-order valence-electron chi connectivity index (χ2n) is 16.9. The molecule has 0 aliphatic rings. The molecule has 0 bridgehead atoms. The van der Waals surface area contributed by atoms with Crippen molar-refractivity contribution in [3.63, 3.8) is 0 Å². The zero-order valence-electron chi connectivity index (χ0n) is 37.7. The third-order valence-corrected chi connectivity index (χ3v) is 11.2. The van der Waals surface area contributed by atoms with E-state index in [1.54, 1.807) is 0 Å². The molecule has 0 heterocycles. The summed E-state index contributed by atoms with van der Waals surface area (Å²) < 4.78 is 10.7. The first kappa shape index (κ1) is 54.4. The maximum absolute atomic E-state index is 12.2. The second kappa shape index (κ2) is 47.8. The molecular weight excluding hydrogens is 693 g/mol. The van der Waals surface area contributed by atoms with Gasteiger partial charge in [-0.15, -0.1) is 0 Å². The van der Waals surface area contributed by atoms with Gasteiger partial charge in [0.05, 0.1) is 6.61 Å². The Morgan fingerprint density at radius 1 is 0.411 bits per heavy atom. The molecule has 330 valence electrons. The molecule has 0 spiro atoms. The normalized spacial score (nSPS) is 12.3. The average molecular weight is 789 g/mol. The van der Waals surface area contributed by atoms with Crippen LogP contribution in [-0.4, -0.2) is 36.4 Å². The van der Waals surface area contributed by atoms with Crippen LogP contribution in [0.4, 0.5) is 0 Å². The van der Waals surface area contributed by atoms with Crippen LogP contribution >= 0.6 is 0 Å². The first-order valence-corrected chi connectivity index (χ1v) is 24.9. The lowest BCUT2D eigenvalue weighted by atomic mass is 10.0. The van der Waals surface area contributed by atoms with Crippen LogP contribution in [0.5, 0.6) is 0 Å². The standard InChI is InChI=1S/C51H96O5/c1-3-5-7-9-11-13-15-17-19-21-23-24-25-26-28-29-31-33-35-37-39-41-43-45-50(53)55-48-49(47-52)56-51(54)46-44-42-40-38-36-34-32-30-27-22-20-18-16-14-12-10-8-6-4-2/h12,14,18,20,49,52H,3-11,13,15-17,19,21-48H2,1-2H3/b14-12-,20-18-. The quantitative estimate of drug-likeness (QED) is 0.0378. The molecule has 0 rings (SSSR count). The Morgan fingerprint density at radius 3 is 1.09 bits per heavy atom. The topological polar surface area (TPSA) is 72.8 Å². The first-order chi connectivity index (χ1) is 27.6. The highest BCUT2D eigenvalue weighted by Gasteiger charge is 2.16. The minimum Gasteiger partial charge on any atom is -0.462 e. The van der Waals surface area contributed by atoms with Gasteiger partial charge in [-0.25, -0.2) is 0 Å². The molecule has 0 aliphatic carbocycles. The van der Waals surface area contributed by atoms with E-state index in [4.69, 9.17) is 9.47 Å². The molecule has 0 aliphatic heterocycles. The van der Waals surface area contributed by atoms with E-state index in [2.05, 4.69) is 38.2 Å². The van der Waals surface area contributed by atoms with Gasteiger partial charge in [0, 0.05) is 12.8 Å². The fourth-order valence-electron chi connectivity index (χ4n) is 7.47. The lowest BCUT2D eigenvalue weighted by Gasteiger charge is -2.15. The number of esters is 2. The average Bonchev–Trinajstić information content (AvgIpc) is 3.20. The van der Waals surface area contributed by atoms with Gasteiger partial charge in [0.25, 0.3) is 0 Å². The maximum Gasteiger partial charge on any atom is 0.306 e. The molecule has 0 radical (unpaired) electrons. The van der Waals surface area contributed by atoms with Crippen molar-refractivity contribution in [3.05, 3.63) is 24.3 Å². The summed E-state index contributed by atoms with van der Waals surface area (Å²) in [5.74, 6) is -0.580. The number of allylic oxidation sites excluding steroid dienone is 4. The zero-order valence-corrected chi connectivity index (χ0v) is 37.7. The highest BCUT2D eigenvalue weighted by atomic mass is 16.6. The van der Waals surface area contributed by atoms with Gasteiger partial charge in [-0.2, -0.15) is 0 Å². The fraction of sp³-hybridized carbons (Fsp3) is 0.882. The Labute approximate surface area is 349 Å². The van der Waals surface area contributed by atoms with Crippen molar-refractivity contribution < 1.29 is 24.2 Å². The predicted octanol–water partition coefficient (Wildman–Crippen LogP) is 16.2. The highest BCUT2D eigenvalue weighted by molar-refractivity contribution is 5.70. The summed E-state index contributed by atoms with van der Waals surface area (Å²) in [6.45, 7) is 4.15. The summed E-state index contributed by atoms with van der Waals surface area (Å²) in [6, 6.07) is 0. The lowest BCUT2D eigenvalue weighted by molar-refractivity contribution is -0.161. The van der Waals surface area contributed by atoms with Crippen molar-refractivity contribution in [2.24, 2.45) is 0 Å². The number of aliphatic hydroxyl groups excluding tert-OH is 1. The zero-order chi connectivity index (χ0) is 40.7. The largest absolute Gasteiger partial charge is 0.462 e. The van der Waals surface area contributed by atoms with E-state index in [1.807, 2.05) is 0 Å². The molecule has 1 N–H and O–H groups in total. The lowest BCUT2D eigenvalue weighted by Crippen LogP contribution is -2.28. The van der Waals surface area contributed by atoms with Gasteiger partial charge in [-0.3, -0.25) is 9.59 Å². The second-order valence-corrected chi connectivity index (χ2v) is 16.9. The Hall–Kier alpha value is -1.62. The summed E-state index contributed by atoms with van der Waals surface area (Å²) in [6.07, 6.45) is 58.4. The molecule has 0 aromatic heterocycles. The van der Waals surface area contributed by atoms with Crippen molar-refractivity contribution in [3.8, 4) is 0 Å². The fourth-order valence-corrected chi connectivity index (χ4v) is 7.47. The SMILES string of the molecule is CCCCC/C=C\C/C=C\CCCCCCCCCCCC(=O)OC(CO)COC(=O)CCCCCCCCCCCCCCCCCCCCCCCCC. The summed E-state index contributed by atoms with van der Waals surface area (Å²) in [5.41, 5.74) is 0. The summed E-state index contributed by atoms with van der Waals surface area (Å²) in [7, 11) is 0. The molecule has 56 heavy (non-hydrogen) atoms. The van der Waals surface area contributed by atoms with Crippen molar-refractivity contribution >= 4 is 11.9 Å². The smallest absolute Gasteiger partial charge is 0.306 e.